The second kappa shape index (κ2) is 8.18. The molecule has 0 amide bonds. The second-order valence-corrected chi connectivity index (χ2v) is 4.57. The van der Waals surface area contributed by atoms with Gasteiger partial charge in [-0.25, -0.2) is 0 Å². The van der Waals surface area contributed by atoms with Crippen LogP contribution in [0, 0.1) is 0 Å². The number of hydrogen-bond acceptors (Lipinski definition) is 2. The molecule has 84 valence electrons. The molecule has 14 heavy (non-hydrogen) atoms. The minimum absolute atomic E-state index is 0.647. The first-order valence-electron chi connectivity index (χ1n) is 5.56. The van der Waals surface area contributed by atoms with Gasteiger partial charge in [0, 0.05) is 6.04 Å². The molecule has 0 fully saturated rings. The molecule has 0 radical (unpaired) electrons. The first-order chi connectivity index (χ1) is 6.57. The average molecular weight is 216 g/mol. The topological polar surface area (TPSA) is 29.3 Å². The molecule has 0 aromatic carbocycles. The zero-order valence-corrected chi connectivity index (χ0v) is 10.6. The maximum absolute atomic E-state index is 5.43. The summed E-state index contributed by atoms with van der Waals surface area (Å²) in [6.45, 7) is 5.68. The van der Waals surface area contributed by atoms with E-state index in [1.807, 2.05) is 0 Å². The molecule has 2 nitrogen and oxygen atoms in total. The Morgan fingerprint density at radius 3 is 2.57 bits per heavy atom. The number of thiocarbonyl (C=S) groups is 1. The lowest BCUT2D eigenvalue weighted by Gasteiger charge is -2.24. The highest BCUT2D eigenvalue weighted by atomic mass is 32.1. The van der Waals surface area contributed by atoms with Crippen LogP contribution in [0.2, 0.25) is 0 Å². The molecule has 0 aliphatic carbocycles. The summed E-state index contributed by atoms with van der Waals surface area (Å²) in [5.41, 5.74) is 5.43. The minimum atomic E-state index is 0.647. The van der Waals surface area contributed by atoms with Crippen molar-refractivity contribution in [1.82, 2.24) is 4.90 Å². The van der Waals surface area contributed by atoms with Gasteiger partial charge in [0.15, 0.2) is 0 Å². The zero-order chi connectivity index (χ0) is 11.0. The standard InChI is InChI=1S/C11H24N2S/c1-4-7-10(2)13(3)9-6-5-8-11(12)14/h10H,4-9H2,1-3H3,(H2,12,14). The van der Waals surface area contributed by atoms with Crippen molar-refractivity contribution >= 4 is 17.2 Å². The number of unbranched alkanes of at least 4 members (excludes halogenated alkanes) is 1. The molecule has 0 heterocycles. The van der Waals surface area contributed by atoms with Gasteiger partial charge in [0.1, 0.15) is 0 Å². The molecule has 1 unspecified atom stereocenters. The van der Waals surface area contributed by atoms with E-state index >= 15 is 0 Å². The third-order valence-corrected chi connectivity index (χ3v) is 2.85. The van der Waals surface area contributed by atoms with Crippen molar-refractivity contribution in [2.75, 3.05) is 13.6 Å². The smallest absolute Gasteiger partial charge is 0.0727 e. The normalized spacial score (nSPS) is 13.1. The molecule has 2 N–H and O–H groups in total. The third-order valence-electron chi connectivity index (χ3n) is 2.64. The van der Waals surface area contributed by atoms with E-state index in [1.165, 1.54) is 19.3 Å². The molecule has 0 bridgehead atoms. The third kappa shape index (κ3) is 7.27. The van der Waals surface area contributed by atoms with Crippen molar-refractivity contribution in [2.45, 2.75) is 52.0 Å². The van der Waals surface area contributed by atoms with Gasteiger partial charge in [-0.05, 0) is 46.2 Å². The summed E-state index contributed by atoms with van der Waals surface area (Å²) >= 11 is 4.83. The summed E-state index contributed by atoms with van der Waals surface area (Å²) in [5.74, 6) is 0. The van der Waals surface area contributed by atoms with Crippen LogP contribution in [0.4, 0.5) is 0 Å². The van der Waals surface area contributed by atoms with Crippen LogP contribution in [0.5, 0.6) is 0 Å². The first kappa shape index (κ1) is 13.8. The van der Waals surface area contributed by atoms with Crippen molar-refractivity contribution in [1.29, 1.82) is 0 Å². The summed E-state index contributed by atoms with van der Waals surface area (Å²) in [7, 11) is 2.20. The van der Waals surface area contributed by atoms with E-state index in [1.54, 1.807) is 0 Å². The van der Waals surface area contributed by atoms with Crippen LogP contribution in [0.25, 0.3) is 0 Å². The Kier molecular flexibility index (Phi) is 8.09. The van der Waals surface area contributed by atoms with Crippen molar-refractivity contribution in [2.24, 2.45) is 5.73 Å². The summed E-state index contributed by atoms with van der Waals surface area (Å²) in [6.07, 6.45) is 5.76. The van der Waals surface area contributed by atoms with Gasteiger partial charge in [-0.3, -0.25) is 0 Å². The summed E-state index contributed by atoms with van der Waals surface area (Å²) in [4.78, 5) is 3.07. The SMILES string of the molecule is CCCC(C)N(C)CCCCC(N)=S. The van der Waals surface area contributed by atoms with Crippen molar-refractivity contribution in [3.8, 4) is 0 Å². The molecular formula is C11H24N2S. The average Bonchev–Trinajstić information content (AvgIpc) is 2.12. The summed E-state index contributed by atoms with van der Waals surface area (Å²) < 4.78 is 0. The van der Waals surface area contributed by atoms with Gasteiger partial charge < -0.3 is 10.6 Å². The van der Waals surface area contributed by atoms with E-state index in [2.05, 4.69) is 25.8 Å². The molecule has 3 heteroatoms. The van der Waals surface area contributed by atoms with Crippen LogP contribution in [-0.4, -0.2) is 29.5 Å². The molecular weight excluding hydrogens is 192 g/mol. The van der Waals surface area contributed by atoms with Crippen molar-refractivity contribution in [3.05, 3.63) is 0 Å². The van der Waals surface area contributed by atoms with Gasteiger partial charge in [-0.1, -0.05) is 25.6 Å². The molecule has 1 atom stereocenters. The summed E-state index contributed by atoms with van der Waals surface area (Å²) in [5, 5.41) is 0. The van der Waals surface area contributed by atoms with E-state index in [9.17, 15) is 0 Å². The Morgan fingerprint density at radius 1 is 1.43 bits per heavy atom. The Hall–Kier alpha value is -0.150. The monoisotopic (exact) mass is 216 g/mol. The van der Waals surface area contributed by atoms with Gasteiger partial charge in [0.05, 0.1) is 4.99 Å². The van der Waals surface area contributed by atoms with Crippen LogP contribution in [-0.2, 0) is 0 Å². The molecule has 0 aromatic rings. The van der Waals surface area contributed by atoms with Crippen LogP contribution in [0.3, 0.4) is 0 Å². The highest BCUT2D eigenvalue weighted by Crippen LogP contribution is 2.06. The highest BCUT2D eigenvalue weighted by molar-refractivity contribution is 7.80. The minimum Gasteiger partial charge on any atom is -0.393 e. The van der Waals surface area contributed by atoms with Gasteiger partial charge in [-0.15, -0.1) is 0 Å². The van der Waals surface area contributed by atoms with E-state index < -0.39 is 0 Å². The van der Waals surface area contributed by atoms with Crippen LogP contribution in [0.1, 0.15) is 46.0 Å². The van der Waals surface area contributed by atoms with Gasteiger partial charge in [-0.2, -0.15) is 0 Å². The maximum Gasteiger partial charge on any atom is 0.0727 e. The predicted molar refractivity (Wildman–Crippen MR) is 67.6 cm³/mol. The predicted octanol–water partition coefficient (Wildman–Crippen LogP) is 2.56. The van der Waals surface area contributed by atoms with Gasteiger partial charge in [0.2, 0.25) is 0 Å². The van der Waals surface area contributed by atoms with Crippen molar-refractivity contribution in [3.63, 3.8) is 0 Å². The van der Waals surface area contributed by atoms with Crippen molar-refractivity contribution < 1.29 is 0 Å². The first-order valence-corrected chi connectivity index (χ1v) is 5.97. The van der Waals surface area contributed by atoms with Crippen LogP contribution in [0.15, 0.2) is 0 Å². The molecule has 0 aliphatic heterocycles. The van der Waals surface area contributed by atoms with E-state index in [0.717, 1.165) is 19.4 Å². The Labute approximate surface area is 93.8 Å². The summed E-state index contributed by atoms with van der Waals surface area (Å²) in [6, 6.07) is 0.699. The lowest BCUT2D eigenvalue weighted by molar-refractivity contribution is 0.241. The fourth-order valence-electron chi connectivity index (χ4n) is 1.52. The molecule has 0 aromatic heterocycles. The Morgan fingerprint density at radius 2 is 2.07 bits per heavy atom. The molecule has 0 saturated heterocycles. The molecule has 0 aliphatic rings. The van der Waals surface area contributed by atoms with Crippen LogP contribution >= 0.6 is 12.2 Å². The number of nitrogens with two attached hydrogens (primary N) is 1. The lowest BCUT2D eigenvalue weighted by Crippen LogP contribution is -2.29. The zero-order valence-electron chi connectivity index (χ0n) is 9.75. The fraction of sp³-hybridized carbons (Fsp3) is 0.909. The lowest BCUT2D eigenvalue weighted by atomic mass is 10.1. The number of nitrogens with zero attached hydrogens (tertiary/aromatic N) is 1. The quantitative estimate of drug-likeness (QED) is 0.499. The molecule has 0 saturated carbocycles. The largest absolute Gasteiger partial charge is 0.393 e. The second-order valence-electron chi connectivity index (χ2n) is 4.04. The van der Waals surface area contributed by atoms with E-state index in [0.29, 0.717) is 11.0 Å². The molecule has 0 spiro atoms. The maximum atomic E-state index is 5.43. The number of rotatable bonds is 8. The van der Waals surface area contributed by atoms with E-state index in [4.69, 9.17) is 18.0 Å². The number of hydrogen-bond donors (Lipinski definition) is 1. The van der Waals surface area contributed by atoms with Gasteiger partial charge >= 0.3 is 0 Å². The van der Waals surface area contributed by atoms with Crippen LogP contribution < -0.4 is 5.73 Å². The highest BCUT2D eigenvalue weighted by Gasteiger charge is 2.06. The Balaban J connectivity index is 3.43. The van der Waals surface area contributed by atoms with Gasteiger partial charge in [0.25, 0.3) is 0 Å². The fourth-order valence-corrected chi connectivity index (χ4v) is 1.66. The Bertz CT molecular complexity index is 159. The molecule has 0 rings (SSSR count). The van der Waals surface area contributed by atoms with E-state index in [-0.39, 0.29) is 0 Å².